The van der Waals surface area contributed by atoms with Crippen molar-refractivity contribution in [3.8, 4) is 0 Å². The fourth-order valence-electron chi connectivity index (χ4n) is 2.74. The fourth-order valence-corrected chi connectivity index (χ4v) is 2.74. The predicted octanol–water partition coefficient (Wildman–Crippen LogP) is 2.20. The van der Waals surface area contributed by atoms with Crippen LogP contribution >= 0.6 is 0 Å². The molecule has 0 aromatic heterocycles. The van der Waals surface area contributed by atoms with Gasteiger partial charge in [0.05, 0.1) is 17.4 Å². The van der Waals surface area contributed by atoms with Crippen molar-refractivity contribution in [2.75, 3.05) is 6.61 Å². The maximum Gasteiger partial charge on any atom is 0.311 e. The summed E-state index contributed by atoms with van der Waals surface area (Å²) in [5.74, 6) is -1.07. The Hall–Kier alpha value is -2.00. The molecule has 174 valence electrons. The van der Waals surface area contributed by atoms with E-state index in [4.69, 9.17) is 18.9 Å². The van der Waals surface area contributed by atoms with Crippen molar-refractivity contribution in [2.24, 2.45) is 10.8 Å². The van der Waals surface area contributed by atoms with Crippen LogP contribution in [0.15, 0.2) is 30.3 Å². The Kier molecular flexibility index (Phi) is 8.21. The van der Waals surface area contributed by atoms with Crippen LogP contribution in [0.5, 0.6) is 0 Å². The molecule has 31 heavy (non-hydrogen) atoms. The summed E-state index contributed by atoms with van der Waals surface area (Å²) in [7, 11) is 0. The fraction of sp³-hybridized carbons (Fsp3) is 0.652. The first kappa shape index (κ1) is 25.3. The Morgan fingerprint density at radius 3 is 2.06 bits per heavy atom. The van der Waals surface area contributed by atoms with Gasteiger partial charge in [-0.25, -0.2) is 0 Å². The van der Waals surface area contributed by atoms with Gasteiger partial charge in [-0.15, -0.1) is 0 Å². The van der Waals surface area contributed by atoms with Crippen LogP contribution in [0.2, 0.25) is 0 Å². The molecule has 1 aromatic rings. The molecule has 2 N–H and O–H groups in total. The highest BCUT2D eigenvalue weighted by Crippen LogP contribution is 2.28. The van der Waals surface area contributed by atoms with E-state index in [0.717, 1.165) is 5.56 Å². The molecule has 8 heteroatoms. The van der Waals surface area contributed by atoms with E-state index in [-0.39, 0.29) is 13.2 Å². The maximum atomic E-state index is 12.4. The molecule has 1 aliphatic rings. The summed E-state index contributed by atoms with van der Waals surface area (Å²) < 4.78 is 22.1. The summed E-state index contributed by atoms with van der Waals surface area (Å²) >= 11 is 0. The first-order valence-electron chi connectivity index (χ1n) is 10.4. The van der Waals surface area contributed by atoms with Crippen LogP contribution in [-0.2, 0) is 35.1 Å². The van der Waals surface area contributed by atoms with Crippen molar-refractivity contribution in [1.29, 1.82) is 0 Å². The first-order chi connectivity index (χ1) is 14.3. The van der Waals surface area contributed by atoms with Crippen LogP contribution in [0.3, 0.4) is 0 Å². The largest absolute Gasteiger partial charge is 0.462 e. The summed E-state index contributed by atoms with van der Waals surface area (Å²) in [5, 5.41) is 21.4. The zero-order valence-electron chi connectivity index (χ0n) is 19.0. The highest BCUT2D eigenvalue weighted by molar-refractivity contribution is 5.76. The summed E-state index contributed by atoms with van der Waals surface area (Å²) in [6.45, 7) is 9.97. The Balaban J connectivity index is 2.16. The van der Waals surface area contributed by atoms with Crippen LogP contribution in [0, 0.1) is 10.8 Å². The van der Waals surface area contributed by atoms with E-state index in [1.807, 2.05) is 30.3 Å². The average molecular weight is 439 g/mol. The highest BCUT2D eigenvalue weighted by atomic mass is 16.7. The predicted molar refractivity (Wildman–Crippen MR) is 112 cm³/mol. The molecule has 0 radical (unpaired) electrons. The van der Waals surface area contributed by atoms with Gasteiger partial charge in [0.1, 0.15) is 24.9 Å². The first-order valence-corrected chi connectivity index (χ1v) is 10.4. The Labute approximate surface area is 183 Å². The van der Waals surface area contributed by atoms with Crippen molar-refractivity contribution < 1.29 is 38.7 Å². The van der Waals surface area contributed by atoms with E-state index in [9.17, 15) is 19.8 Å². The number of hydrogen-bond acceptors (Lipinski definition) is 8. The summed E-state index contributed by atoms with van der Waals surface area (Å²) in [5.41, 5.74) is -0.726. The van der Waals surface area contributed by atoms with Crippen molar-refractivity contribution in [3.05, 3.63) is 35.9 Å². The summed E-state index contributed by atoms with van der Waals surface area (Å²) in [4.78, 5) is 24.5. The van der Waals surface area contributed by atoms with E-state index in [1.54, 1.807) is 41.5 Å². The lowest BCUT2D eigenvalue weighted by Gasteiger charge is -2.42. The van der Waals surface area contributed by atoms with E-state index in [0.29, 0.717) is 0 Å². The van der Waals surface area contributed by atoms with Crippen molar-refractivity contribution in [2.45, 2.75) is 78.9 Å². The topological polar surface area (TPSA) is 112 Å². The number of aliphatic hydroxyl groups excluding tert-OH is 2. The zero-order valence-corrected chi connectivity index (χ0v) is 19.0. The smallest absolute Gasteiger partial charge is 0.311 e. The molecule has 2 rings (SSSR count). The van der Waals surface area contributed by atoms with Gasteiger partial charge in [-0.05, 0) is 47.1 Å². The maximum absolute atomic E-state index is 12.4. The molecule has 0 amide bonds. The minimum absolute atomic E-state index is 0.132. The van der Waals surface area contributed by atoms with Gasteiger partial charge in [0, 0.05) is 0 Å². The Bertz CT molecular complexity index is 734. The van der Waals surface area contributed by atoms with Crippen molar-refractivity contribution in [1.82, 2.24) is 0 Å². The molecule has 0 unspecified atom stereocenters. The summed E-state index contributed by atoms with van der Waals surface area (Å²) in [6.07, 6.45) is -6.39. The van der Waals surface area contributed by atoms with Gasteiger partial charge >= 0.3 is 11.9 Å². The molecule has 0 aliphatic carbocycles. The molecule has 1 saturated heterocycles. The number of carbonyl (C=O) groups excluding carboxylic acids is 2. The van der Waals surface area contributed by atoms with Crippen LogP contribution in [0.4, 0.5) is 0 Å². The third-order valence-electron chi connectivity index (χ3n) is 4.75. The van der Waals surface area contributed by atoms with E-state index in [1.165, 1.54) is 0 Å². The quantitative estimate of drug-likeness (QED) is 0.650. The third kappa shape index (κ3) is 7.00. The van der Waals surface area contributed by atoms with Crippen LogP contribution in [-0.4, -0.2) is 59.5 Å². The molecular formula is C23H34O8. The number of esters is 2. The number of rotatable bonds is 6. The highest BCUT2D eigenvalue weighted by Gasteiger charge is 2.49. The Morgan fingerprint density at radius 2 is 1.52 bits per heavy atom. The number of aliphatic hydroxyl groups is 2. The monoisotopic (exact) mass is 438 g/mol. The average Bonchev–Trinajstić information content (AvgIpc) is 2.68. The number of ether oxygens (including phenoxy) is 4. The lowest BCUT2D eigenvalue weighted by Crippen LogP contribution is -2.61. The number of carbonyl (C=O) groups is 2. The zero-order chi connectivity index (χ0) is 23.4. The van der Waals surface area contributed by atoms with Gasteiger partial charge in [-0.1, -0.05) is 30.3 Å². The molecule has 1 aliphatic heterocycles. The van der Waals surface area contributed by atoms with Crippen molar-refractivity contribution in [3.63, 3.8) is 0 Å². The second kappa shape index (κ2) is 10.1. The molecule has 8 nitrogen and oxygen atoms in total. The lowest BCUT2D eigenvalue weighted by atomic mass is 9.95. The van der Waals surface area contributed by atoms with Crippen LogP contribution < -0.4 is 0 Å². The molecule has 1 aromatic carbocycles. The van der Waals surface area contributed by atoms with Crippen LogP contribution in [0.25, 0.3) is 0 Å². The molecule has 1 heterocycles. The second-order valence-electron chi connectivity index (χ2n) is 9.79. The van der Waals surface area contributed by atoms with E-state index < -0.39 is 53.5 Å². The minimum atomic E-state index is -1.43. The Morgan fingerprint density at radius 1 is 0.935 bits per heavy atom. The van der Waals surface area contributed by atoms with Crippen molar-refractivity contribution >= 4 is 11.9 Å². The van der Waals surface area contributed by atoms with E-state index >= 15 is 0 Å². The van der Waals surface area contributed by atoms with Crippen LogP contribution in [0.1, 0.15) is 47.1 Å². The molecule has 0 bridgehead atoms. The lowest BCUT2D eigenvalue weighted by molar-refractivity contribution is -0.308. The molecule has 5 atom stereocenters. The van der Waals surface area contributed by atoms with Gasteiger partial charge in [0.15, 0.2) is 12.4 Å². The normalized spacial score (nSPS) is 26.9. The number of hydrogen-bond donors (Lipinski definition) is 2. The van der Waals surface area contributed by atoms with Gasteiger partial charge in [-0.2, -0.15) is 0 Å². The van der Waals surface area contributed by atoms with Gasteiger partial charge in [0.2, 0.25) is 0 Å². The van der Waals surface area contributed by atoms with Gasteiger partial charge in [0.25, 0.3) is 0 Å². The van der Waals surface area contributed by atoms with E-state index in [2.05, 4.69) is 0 Å². The second-order valence-corrected chi connectivity index (χ2v) is 9.79. The molecule has 0 saturated carbocycles. The van der Waals surface area contributed by atoms with Gasteiger partial charge < -0.3 is 29.2 Å². The standard InChI is InChI=1S/C23H34O8/c1-22(2,3)20(26)29-13-15-16(24)18(31-21(27)23(4,5)6)17(25)19(30-15)28-12-14-10-8-7-9-11-14/h7-11,15-19,24-25H,12-13H2,1-6H3/t15-,16-,17+,18+,19-/m1/s1. The molecule has 0 spiro atoms. The van der Waals surface area contributed by atoms with Gasteiger partial charge in [-0.3, -0.25) is 9.59 Å². The number of benzene rings is 1. The third-order valence-corrected chi connectivity index (χ3v) is 4.75. The molecular weight excluding hydrogens is 404 g/mol. The minimum Gasteiger partial charge on any atom is -0.462 e. The summed E-state index contributed by atoms with van der Waals surface area (Å²) in [6, 6.07) is 9.27. The SMILES string of the molecule is CC(C)(C)C(=O)OC[C@H]1O[C@@H](OCc2ccccc2)[C@@H](O)[C@@H](OC(=O)C(C)(C)C)[C@@H]1O. The molecule has 1 fully saturated rings.